The van der Waals surface area contributed by atoms with E-state index in [1.165, 1.54) is 5.56 Å². The third kappa shape index (κ3) is 5.01. The van der Waals surface area contributed by atoms with Crippen LogP contribution in [0.2, 0.25) is 0 Å². The van der Waals surface area contributed by atoms with E-state index in [9.17, 15) is 0 Å². The number of hydrogen-bond acceptors (Lipinski definition) is 5. The van der Waals surface area contributed by atoms with Gasteiger partial charge in [0, 0.05) is 25.3 Å². The van der Waals surface area contributed by atoms with Crippen LogP contribution < -0.4 is 4.74 Å². The van der Waals surface area contributed by atoms with Crippen LogP contribution in [-0.4, -0.2) is 44.6 Å². The van der Waals surface area contributed by atoms with Gasteiger partial charge in [0.15, 0.2) is 0 Å². The lowest BCUT2D eigenvalue weighted by molar-refractivity contribution is 0.269. The highest BCUT2D eigenvalue weighted by atomic mass is 16.5. The Kier molecular flexibility index (Phi) is 5.90. The largest absolute Gasteiger partial charge is 0.493 e. The van der Waals surface area contributed by atoms with Crippen LogP contribution in [0.1, 0.15) is 37.6 Å². The first-order chi connectivity index (χ1) is 14.1. The van der Waals surface area contributed by atoms with Gasteiger partial charge in [-0.1, -0.05) is 37.3 Å². The zero-order valence-corrected chi connectivity index (χ0v) is 17.5. The Balaban J connectivity index is 1.37. The average molecular weight is 392 g/mol. The number of aryl methyl sites for hydroxylation is 1. The van der Waals surface area contributed by atoms with Gasteiger partial charge in [-0.05, 0) is 49.1 Å². The average Bonchev–Trinajstić information content (AvgIpc) is 3.36. The van der Waals surface area contributed by atoms with Crippen LogP contribution in [0.5, 0.6) is 5.75 Å². The van der Waals surface area contributed by atoms with E-state index in [1.807, 2.05) is 42.1 Å². The summed E-state index contributed by atoms with van der Waals surface area (Å²) in [6, 6.07) is 14.8. The molecule has 0 aliphatic carbocycles. The van der Waals surface area contributed by atoms with Gasteiger partial charge in [0.05, 0.1) is 24.5 Å². The quantitative estimate of drug-likeness (QED) is 0.606. The van der Waals surface area contributed by atoms with Crippen LogP contribution in [0.15, 0.2) is 48.7 Å². The second kappa shape index (κ2) is 8.74. The summed E-state index contributed by atoms with van der Waals surface area (Å²) in [5.41, 5.74) is 3.99. The smallest absolute Gasteiger partial charge is 0.131 e. The van der Waals surface area contributed by atoms with E-state index >= 15 is 0 Å². The molecule has 1 aliphatic heterocycles. The fourth-order valence-electron chi connectivity index (χ4n) is 3.68. The van der Waals surface area contributed by atoms with Crippen LogP contribution in [0.25, 0.3) is 11.4 Å². The van der Waals surface area contributed by atoms with Gasteiger partial charge in [-0.3, -0.25) is 9.88 Å². The second-order valence-corrected chi connectivity index (χ2v) is 8.28. The Morgan fingerprint density at radius 3 is 2.83 bits per heavy atom. The molecule has 3 aromatic rings. The standard InChI is InChI=1S/C23H29N5O/c1-17(2)16-29-21-8-5-7-19(12-21)13-27-11-10-20(14-27)28-15-23(25-26-28)22-9-4-6-18(3)24-22/h4-9,12,15,17,20H,10-11,13-14,16H2,1-3H3. The molecular formula is C23H29N5O. The van der Waals surface area contributed by atoms with Crippen LogP contribution in [0.4, 0.5) is 0 Å². The van der Waals surface area contributed by atoms with Crippen LogP contribution in [-0.2, 0) is 6.54 Å². The summed E-state index contributed by atoms with van der Waals surface area (Å²) in [6.45, 7) is 10.0. The molecule has 1 unspecified atom stereocenters. The van der Waals surface area contributed by atoms with E-state index in [0.29, 0.717) is 12.0 Å². The maximum absolute atomic E-state index is 5.87. The molecule has 0 radical (unpaired) electrons. The van der Waals surface area contributed by atoms with Crippen molar-refractivity contribution in [3.05, 3.63) is 59.9 Å². The lowest BCUT2D eigenvalue weighted by Gasteiger charge is -2.17. The summed E-state index contributed by atoms with van der Waals surface area (Å²) < 4.78 is 7.87. The van der Waals surface area contributed by atoms with E-state index in [2.05, 4.69) is 52.2 Å². The number of likely N-dealkylation sites (tertiary alicyclic amines) is 1. The Bertz CT molecular complexity index is 952. The molecule has 6 heteroatoms. The highest BCUT2D eigenvalue weighted by Crippen LogP contribution is 2.25. The van der Waals surface area contributed by atoms with Crippen LogP contribution >= 0.6 is 0 Å². The van der Waals surface area contributed by atoms with Crippen molar-refractivity contribution in [3.63, 3.8) is 0 Å². The van der Waals surface area contributed by atoms with E-state index in [1.54, 1.807) is 0 Å². The Morgan fingerprint density at radius 2 is 2.00 bits per heavy atom. The van der Waals surface area contributed by atoms with Crippen LogP contribution in [0.3, 0.4) is 0 Å². The van der Waals surface area contributed by atoms with Crippen molar-refractivity contribution in [1.82, 2.24) is 24.9 Å². The molecule has 1 aliphatic rings. The number of ether oxygens (including phenoxy) is 1. The third-order valence-electron chi connectivity index (χ3n) is 5.17. The summed E-state index contributed by atoms with van der Waals surface area (Å²) >= 11 is 0. The number of hydrogen-bond donors (Lipinski definition) is 0. The fraction of sp³-hybridized carbons (Fsp3) is 0.435. The molecule has 29 heavy (non-hydrogen) atoms. The minimum atomic E-state index is 0.349. The van der Waals surface area contributed by atoms with E-state index in [-0.39, 0.29) is 0 Å². The first kappa shape index (κ1) is 19.6. The van der Waals surface area contributed by atoms with Crippen molar-refractivity contribution < 1.29 is 4.74 Å². The van der Waals surface area contributed by atoms with Gasteiger partial charge in [0.2, 0.25) is 0 Å². The number of nitrogens with zero attached hydrogens (tertiary/aromatic N) is 5. The summed E-state index contributed by atoms with van der Waals surface area (Å²) in [4.78, 5) is 7.02. The fourth-order valence-corrected chi connectivity index (χ4v) is 3.68. The van der Waals surface area contributed by atoms with Crippen molar-refractivity contribution in [1.29, 1.82) is 0 Å². The minimum absolute atomic E-state index is 0.349. The molecule has 0 bridgehead atoms. The van der Waals surface area contributed by atoms with Gasteiger partial charge in [0.25, 0.3) is 0 Å². The molecular weight excluding hydrogens is 362 g/mol. The minimum Gasteiger partial charge on any atom is -0.493 e. The lowest BCUT2D eigenvalue weighted by atomic mass is 10.2. The number of rotatable bonds is 7. The molecule has 6 nitrogen and oxygen atoms in total. The molecule has 0 saturated carbocycles. The first-order valence-corrected chi connectivity index (χ1v) is 10.4. The summed E-state index contributed by atoms with van der Waals surface area (Å²) in [6.07, 6.45) is 3.10. The van der Waals surface area contributed by atoms with Gasteiger partial charge >= 0.3 is 0 Å². The van der Waals surface area contributed by atoms with Crippen molar-refractivity contribution in [2.75, 3.05) is 19.7 Å². The van der Waals surface area contributed by atoms with Gasteiger partial charge in [0.1, 0.15) is 11.4 Å². The van der Waals surface area contributed by atoms with Crippen molar-refractivity contribution in [3.8, 4) is 17.1 Å². The Hall–Kier alpha value is -2.73. The predicted octanol–water partition coefficient (Wildman–Crippen LogP) is 4.13. The summed E-state index contributed by atoms with van der Waals surface area (Å²) in [7, 11) is 0. The summed E-state index contributed by atoms with van der Waals surface area (Å²) in [5, 5.41) is 8.72. The molecule has 0 amide bonds. The maximum Gasteiger partial charge on any atom is 0.131 e. The predicted molar refractivity (Wildman–Crippen MR) is 114 cm³/mol. The van der Waals surface area contributed by atoms with Gasteiger partial charge in [-0.25, -0.2) is 4.68 Å². The van der Waals surface area contributed by atoms with E-state index in [0.717, 1.165) is 55.5 Å². The molecule has 2 aromatic heterocycles. The molecule has 1 saturated heterocycles. The molecule has 3 heterocycles. The highest BCUT2D eigenvalue weighted by molar-refractivity contribution is 5.52. The maximum atomic E-state index is 5.87. The second-order valence-electron chi connectivity index (χ2n) is 8.28. The monoisotopic (exact) mass is 391 g/mol. The first-order valence-electron chi connectivity index (χ1n) is 10.4. The molecule has 0 N–H and O–H groups in total. The zero-order chi connectivity index (χ0) is 20.2. The van der Waals surface area contributed by atoms with Gasteiger partial charge in [-0.2, -0.15) is 0 Å². The van der Waals surface area contributed by atoms with E-state index < -0.39 is 0 Å². The van der Waals surface area contributed by atoms with Crippen molar-refractivity contribution >= 4 is 0 Å². The van der Waals surface area contributed by atoms with Crippen LogP contribution in [0, 0.1) is 12.8 Å². The molecule has 1 atom stereocenters. The summed E-state index contributed by atoms with van der Waals surface area (Å²) in [5.74, 6) is 1.49. The Morgan fingerprint density at radius 1 is 1.14 bits per heavy atom. The molecule has 1 fully saturated rings. The number of aromatic nitrogens is 4. The van der Waals surface area contributed by atoms with Gasteiger partial charge < -0.3 is 4.74 Å². The van der Waals surface area contributed by atoms with E-state index in [4.69, 9.17) is 4.74 Å². The zero-order valence-electron chi connectivity index (χ0n) is 17.5. The molecule has 4 rings (SSSR count). The number of pyridine rings is 1. The SMILES string of the molecule is Cc1cccc(-c2cn(C3CCN(Cc4cccc(OCC(C)C)c4)C3)nn2)n1. The highest BCUT2D eigenvalue weighted by Gasteiger charge is 2.25. The topological polar surface area (TPSA) is 56.1 Å². The number of benzene rings is 1. The molecule has 152 valence electrons. The normalized spacial score (nSPS) is 17.2. The third-order valence-corrected chi connectivity index (χ3v) is 5.17. The van der Waals surface area contributed by atoms with Crippen molar-refractivity contribution in [2.45, 2.75) is 39.8 Å². The van der Waals surface area contributed by atoms with Gasteiger partial charge in [-0.15, -0.1) is 5.10 Å². The molecule has 1 aromatic carbocycles. The van der Waals surface area contributed by atoms with Crippen molar-refractivity contribution in [2.24, 2.45) is 5.92 Å². The lowest BCUT2D eigenvalue weighted by Crippen LogP contribution is -2.21. The Labute approximate surface area is 172 Å². The molecule has 0 spiro atoms.